The van der Waals surface area contributed by atoms with E-state index in [9.17, 15) is 0 Å². The van der Waals surface area contributed by atoms with Crippen molar-refractivity contribution in [2.45, 2.75) is 19.3 Å². The van der Waals surface area contributed by atoms with Crippen LogP contribution in [0.25, 0.3) is 89.2 Å². The van der Waals surface area contributed by atoms with E-state index in [0.29, 0.717) is 17.6 Å². The smallest absolute Gasteiger partial charge is 0.238 e. The van der Waals surface area contributed by atoms with Gasteiger partial charge in [0.2, 0.25) is 5.95 Å². The van der Waals surface area contributed by atoms with Crippen LogP contribution in [0.1, 0.15) is 25.0 Å². The summed E-state index contributed by atoms with van der Waals surface area (Å²) < 4.78 is 4.63. The van der Waals surface area contributed by atoms with Crippen LogP contribution in [0.5, 0.6) is 0 Å². The van der Waals surface area contributed by atoms with Crippen LogP contribution in [-0.4, -0.2) is 24.1 Å². The van der Waals surface area contributed by atoms with Gasteiger partial charge in [0.15, 0.2) is 11.6 Å². The van der Waals surface area contributed by atoms with Crippen LogP contribution >= 0.6 is 0 Å². The van der Waals surface area contributed by atoms with Gasteiger partial charge in [0, 0.05) is 43.8 Å². The molecule has 5 heteroatoms. The van der Waals surface area contributed by atoms with Gasteiger partial charge in [-0.05, 0) is 58.7 Å². The Labute approximate surface area is 306 Å². The van der Waals surface area contributed by atoms with Gasteiger partial charge in [-0.15, -0.1) is 0 Å². The van der Waals surface area contributed by atoms with Crippen molar-refractivity contribution in [2.75, 3.05) is 0 Å². The Balaban J connectivity index is 1.22. The van der Waals surface area contributed by atoms with Crippen LogP contribution in [0.2, 0.25) is 0 Å². The van der Waals surface area contributed by atoms with E-state index in [1.807, 2.05) is 18.2 Å². The molecule has 0 unspecified atom stereocenters. The van der Waals surface area contributed by atoms with Crippen LogP contribution in [0.15, 0.2) is 164 Å². The molecule has 0 radical (unpaired) electrons. The fraction of sp³-hybridized carbons (Fsp3) is 0.0625. The summed E-state index contributed by atoms with van der Waals surface area (Å²) in [4.78, 5) is 15.7. The van der Waals surface area contributed by atoms with Crippen molar-refractivity contribution in [1.82, 2.24) is 24.1 Å². The number of nitrogens with zero attached hydrogens (tertiary/aromatic N) is 5. The van der Waals surface area contributed by atoms with Gasteiger partial charge in [-0.25, -0.2) is 4.98 Å². The lowest BCUT2D eigenvalue weighted by molar-refractivity contribution is 0.660. The molecule has 0 aliphatic heterocycles. The molecule has 0 bridgehead atoms. The van der Waals surface area contributed by atoms with Gasteiger partial charge < -0.3 is 4.57 Å². The average molecular weight is 680 g/mol. The number of hydrogen-bond acceptors (Lipinski definition) is 3. The van der Waals surface area contributed by atoms with Crippen molar-refractivity contribution >= 4 is 43.6 Å². The van der Waals surface area contributed by atoms with Gasteiger partial charge in [0.1, 0.15) is 0 Å². The van der Waals surface area contributed by atoms with Crippen LogP contribution < -0.4 is 0 Å². The van der Waals surface area contributed by atoms with E-state index in [2.05, 4.69) is 169 Å². The third-order valence-electron chi connectivity index (χ3n) is 11.2. The number of benzene rings is 7. The molecule has 5 nitrogen and oxygen atoms in total. The first kappa shape index (κ1) is 29.8. The van der Waals surface area contributed by atoms with E-state index in [0.717, 1.165) is 38.6 Å². The first-order chi connectivity index (χ1) is 26.1. The minimum absolute atomic E-state index is 0.0829. The zero-order chi connectivity index (χ0) is 35.3. The molecule has 0 N–H and O–H groups in total. The van der Waals surface area contributed by atoms with Crippen LogP contribution in [-0.2, 0) is 5.41 Å². The zero-order valence-corrected chi connectivity index (χ0v) is 29.3. The Kier molecular flexibility index (Phi) is 6.23. The van der Waals surface area contributed by atoms with Crippen molar-refractivity contribution in [3.63, 3.8) is 0 Å². The number of para-hydroxylation sites is 3. The largest absolute Gasteiger partial charge is 0.309 e. The molecular weight excluding hydrogens is 647 g/mol. The Bertz CT molecular complexity index is 3080. The molecular formula is C48H33N5. The Morgan fingerprint density at radius 3 is 1.85 bits per heavy atom. The topological polar surface area (TPSA) is 48.5 Å². The third-order valence-corrected chi connectivity index (χ3v) is 11.2. The lowest BCUT2D eigenvalue weighted by atomic mass is 9.82. The van der Waals surface area contributed by atoms with Crippen molar-refractivity contribution in [3.8, 4) is 45.5 Å². The second-order valence-corrected chi connectivity index (χ2v) is 14.5. The summed E-state index contributed by atoms with van der Waals surface area (Å²) in [6.45, 7) is 4.62. The van der Waals surface area contributed by atoms with Crippen molar-refractivity contribution in [3.05, 3.63) is 175 Å². The second-order valence-electron chi connectivity index (χ2n) is 14.5. The van der Waals surface area contributed by atoms with E-state index >= 15 is 0 Å². The third kappa shape index (κ3) is 4.28. The summed E-state index contributed by atoms with van der Waals surface area (Å²) in [5.74, 6) is 1.87. The summed E-state index contributed by atoms with van der Waals surface area (Å²) in [7, 11) is 0. The molecule has 1 aliphatic carbocycles. The Hall–Kier alpha value is -6.85. The molecule has 3 aromatic heterocycles. The molecule has 0 saturated carbocycles. The second kappa shape index (κ2) is 11.1. The summed E-state index contributed by atoms with van der Waals surface area (Å²) >= 11 is 0. The summed E-state index contributed by atoms with van der Waals surface area (Å²) in [6, 6.07) is 58.1. The molecule has 0 saturated heterocycles. The highest BCUT2D eigenvalue weighted by Crippen LogP contribution is 2.49. The Morgan fingerprint density at radius 2 is 1.06 bits per heavy atom. The van der Waals surface area contributed by atoms with E-state index in [1.54, 1.807) is 0 Å². The van der Waals surface area contributed by atoms with Gasteiger partial charge in [-0.2, -0.15) is 9.97 Å². The lowest BCUT2D eigenvalue weighted by Gasteiger charge is -2.21. The predicted molar refractivity (Wildman–Crippen MR) is 217 cm³/mol. The van der Waals surface area contributed by atoms with Crippen LogP contribution in [0.3, 0.4) is 0 Å². The number of aromatic nitrogens is 5. The molecule has 11 rings (SSSR count). The van der Waals surface area contributed by atoms with Crippen LogP contribution in [0, 0.1) is 0 Å². The summed E-state index contributed by atoms with van der Waals surface area (Å²) in [5, 5.41) is 4.74. The van der Waals surface area contributed by atoms with Gasteiger partial charge in [0.25, 0.3) is 0 Å². The molecule has 1 aliphatic rings. The molecule has 3 heterocycles. The molecule has 53 heavy (non-hydrogen) atoms. The average Bonchev–Trinajstić information content (AvgIpc) is 3.81. The standard InChI is InChI=1S/C48H33N5/c1-48(2)38-22-12-9-19-33(38)37-29-31(25-27-39(37)48)46-49-45(30-15-5-3-6-16-30)50-47(51-46)53-41-24-14-11-21-36(41)43-42(53)28-26-35-34-20-10-13-23-40(34)52(44(35)43)32-17-7-4-8-18-32/h3-29H,1-2H3. The van der Waals surface area contributed by atoms with Gasteiger partial charge in [-0.1, -0.05) is 141 Å². The van der Waals surface area contributed by atoms with Crippen molar-refractivity contribution in [2.24, 2.45) is 0 Å². The highest BCUT2D eigenvalue weighted by molar-refractivity contribution is 6.26. The maximum absolute atomic E-state index is 5.33. The highest BCUT2D eigenvalue weighted by Gasteiger charge is 2.35. The molecule has 0 atom stereocenters. The Morgan fingerprint density at radius 1 is 0.434 bits per heavy atom. The molecule has 7 aromatic carbocycles. The van der Waals surface area contributed by atoms with Crippen molar-refractivity contribution in [1.29, 1.82) is 0 Å². The normalized spacial score (nSPS) is 13.2. The minimum atomic E-state index is -0.0829. The van der Waals surface area contributed by atoms with Gasteiger partial charge in [-0.3, -0.25) is 4.57 Å². The lowest BCUT2D eigenvalue weighted by Crippen LogP contribution is -2.14. The van der Waals surface area contributed by atoms with E-state index in [1.165, 1.54) is 44.1 Å². The van der Waals surface area contributed by atoms with E-state index in [4.69, 9.17) is 15.0 Å². The minimum Gasteiger partial charge on any atom is -0.309 e. The molecule has 0 spiro atoms. The fourth-order valence-electron chi connectivity index (χ4n) is 8.74. The van der Waals surface area contributed by atoms with Crippen LogP contribution in [0.4, 0.5) is 0 Å². The highest BCUT2D eigenvalue weighted by atomic mass is 15.2. The maximum Gasteiger partial charge on any atom is 0.238 e. The molecule has 0 amide bonds. The first-order valence-electron chi connectivity index (χ1n) is 18.1. The molecule has 0 fully saturated rings. The van der Waals surface area contributed by atoms with Gasteiger partial charge >= 0.3 is 0 Å². The monoisotopic (exact) mass is 679 g/mol. The van der Waals surface area contributed by atoms with E-state index in [-0.39, 0.29) is 5.41 Å². The van der Waals surface area contributed by atoms with E-state index < -0.39 is 0 Å². The molecule has 10 aromatic rings. The maximum atomic E-state index is 5.33. The number of hydrogen-bond donors (Lipinski definition) is 0. The molecule has 250 valence electrons. The predicted octanol–water partition coefficient (Wildman–Crippen LogP) is 11.7. The number of rotatable bonds is 4. The SMILES string of the molecule is CC1(C)c2ccccc2-c2cc(-c3nc(-c4ccccc4)nc(-n4c5ccccc5c5c4ccc4c6ccccc6n(-c6ccccc6)c45)n3)ccc21. The quantitative estimate of drug-likeness (QED) is 0.186. The summed E-state index contributed by atoms with van der Waals surface area (Å²) in [6.07, 6.45) is 0. The number of fused-ring (bicyclic) bond motifs is 10. The first-order valence-corrected chi connectivity index (χ1v) is 18.1. The fourth-order valence-corrected chi connectivity index (χ4v) is 8.74. The van der Waals surface area contributed by atoms with Crippen molar-refractivity contribution < 1.29 is 0 Å². The zero-order valence-electron chi connectivity index (χ0n) is 29.3. The summed E-state index contributed by atoms with van der Waals surface area (Å²) in [5.41, 5.74) is 12.5. The van der Waals surface area contributed by atoms with Gasteiger partial charge in [0.05, 0.1) is 22.1 Å².